The number of aliphatic hydroxyl groups excluding tert-OH is 1. The van der Waals surface area contributed by atoms with Gasteiger partial charge in [-0.05, 0) is 45.1 Å². The number of carbonyl (C=O) groups excluding carboxylic acids is 3. The topological polar surface area (TPSA) is 226 Å². The highest BCUT2D eigenvalue weighted by Crippen LogP contribution is 2.08. The number of aliphatic hydroxyl groups is 1. The summed E-state index contributed by atoms with van der Waals surface area (Å²) in [6.45, 7) is 5.40. The Hall–Kier alpha value is -3.03. The fourth-order valence-corrected chi connectivity index (χ4v) is 3.38. The van der Waals surface area contributed by atoms with Crippen LogP contribution in [0.15, 0.2) is 12.5 Å². The molecule has 0 aliphatic heterocycles. The van der Waals surface area contributed by atoms with Gasteiger partial charge in [-0.2, -0.15) is 0 Å². The van der Waals surface area contributed by atoms with Crippen molar-refractivity contribution in [3.63, 3.8) is 0 Å². The van der Waals surface area contributed by atoms with E-state index in [4.69, 9.17) is 11.5 Å². The van der Waals surface area contributed by atoms with Gasteiger partial charge in [-0.1, -0.05) is 13.8 Å². The van der Waals surface area contributed by atoms with Crippen molar-refractivity contribution >= 4 is 23.7 Å². The number of nitrogens with one attached hydrogen (secondary N) is 4. The molecule has 1 rings (SSSR count). The van der Waals surface area contributed by atoms with Crippen LogP contribution in [0.1, 0.15) is 52.1 Å². The normalized spacial score (nSPS) is 15.5. The molecule has 5 atom stereocenters. The van der Waals surface area contributed by atoms with Crippen LogP contribution in [0.3, 0.4) is 0 Å². The molecule has 198 valence electrons. The van der Waals surface area contributed by atoms with E-state index in [-0.39, 0.29) is 25.2 Å². The van der Waals surface area contributed by atoms with E-state index in [1.165, 1.54) is 19.4 Å². The lowest BCUT2D eigenvalue weighted by Gasteiger charge is -2.27. The maximum atomic E-state index is 13.0. The predicted molar refractivity (Wildman–Crippen MR) is 128 cm³/mol. The van der Waals surface area contributed by atoms with Gasteiger partial charge in [0, 0.05) is 18.3 Å². The Morgan fingerprint density at radius 3 is 2.20 bits per heavy atom. The number of amides is 3. The fourth-order valence-electron chi connectivity index (χ4n) is 3.38. The molecule has 0 fully saturated rings. The average Bonchev–Trinajstić information content (AvgIpc) is 3.28. The minimum Gasteiger partial charge on any atom is -0.480 e. The second kappa shape index (κ2) is 15.1. The summed E-state index contributed by atoms with van der Waals surface area (Å²) in [5.74, 6) is -3.34. The molecule has 0 radical (unpaired) electrons. The summed E-state index contributed by atoms with van der Waals surface area (Å²) < 4.78 is 0. The summed E-state index contributed by atoms with van der Waals surface area (Å²) in [7, 11) is 0. The lowest BCUT2D eigenvalue weighted by Crippen LogP contribution is -2.60. The van der Waals surface area contributed by atoms with E-state index in [1.807, 2.05) is 13.8 Å². The van der Waals surface area contributed by atoms with Gasteiger partial charge in [0.15, 0.2) is 0 Å². The number of nitrogens with two attached hydrogens (primary N) is 2. The predicted octanol–water partition coefficient (Wildman–Crippen LogP) is -1.63. The molecular formula is C22H39N7O6. The number of imidazole rings is 1. The highest BCUT2D eigenvalue weighted by atomic mass is 16.4. The van der Waals surface area contributed by atoms with Crippen molar-refractivity contribution < 1.29 is 29.4 Å². The number of nitrogens with zero attached hydrogens (tertiary/aromatic N) is 1. The Morgan fingerprint density at radius 1 is 1.03 bits per heavy atom. The van der Waals surface area contributed by atoms with Gasteiger partial charge in [0.2, 0.25) is 17.7 Å². The third-order valence-corrected chi connectivity index (χ3v) is 5.30. The van der Waals surface area contributed by atoms with Gasteiger partial charge in [-0.25, -0.2) is 9.78 Å². The molecule has 0 saturated carbocycles. The SMILES string of the molecule is CC(C)CC(NC(=O)C(N)Cc1cnc[nH]1)C(=O)NC(C(=O)NC(CCCCN)C(=O)O)C(C)O. The second-order valence-corrected chi connectivity index (χ2v) is 8.99. The van der Waals surface area contributed by atoms with Crippen molar-refractivity contribution in [1.82, 2.24) is 25.9 Å². The number of hydrogen-bond acceptors (Lipinski definition) is 8. The first-order chi connectivity index (χ1) is 16.5. The molecule has 1 aromatic rings. The summed E-state index contributed by atoms with van der Waals surface area (Å²) in [6, 6.07) is -4.59. The van der Waals surface area contributed by atoms with Crippen molar-refractivity contribution in [2.45, 2.75) is 83.1 Å². The largest absolute Gasteiger partial charge is 0.480 e. The van der Waals surface area contributed by atoms with E-state index >= 15 is 0 Å². The van der Waals surface area contributed by atoms with Crippen LogP contribution < -0.4 is 27.4 Å². The van der Waals surface area contributed by atoms with E-state index in [0.717, 1.165) is 0 Å². The Labute approximate surface area is 204 Å². The fraction of sp³-hybridized carbons (Fsp3) is 0.682. The van der Waals surface area contributed by atoms with Gasteiger partial charge < -0.3 is 42.6 Å². The van der Waals surface area contributed by atoms with Gasteiger partial charge in [0.25, 0.3) is 0 Å². The first-order valence-corrected chi connectivity index (χ1v) is 11.7. The number of aromatic amines is 1. The lowest BCUT2D eigenvalue weighted by atomic mass is 10.0. The number of rotatable bonds is 16. The number of unbranched alkanes of at least 4 members (excludes halogenated alkanes) is 1. The van der Waals surface area contributed by atoms with Gasteiger partial charge in [-0.3, -0.25) is 14.4 Å². The molecule has 1 aromatic heterocycles. The minimum absolute atomic E-state index is 0.00708. The molecule has 3 amide bonds. The molecule has 10 N–H and O–H groups in total. The van der Waals surface area contributed by atoms with Crippen LogP contribution in [-0.4, -0.2) is 80.7 Å². The molecule has 0 saturated heterocycles. The number of aromatic nitrogens is 2. The molecule has 0 spiro atoms. The molecule has 13 heteroatoms. The molecule has 35 heavy (non-hydrogen) atoms. The van der Waals surface area contributed by atoms with Crippen molar-refractivity contribution in [3.8, 4) is 0 Å². The van der Waals surface area contributed by atoms with Crippen LogP contribution in [0.25, 0.3) is 0 Å². The Bertz CT molecular complexity index is 815. The summed E-state index contributed by atoms with van der Waals surface area (Å²) in [5.41, 5.74) is 12.0. The van der Waals surface area contributed by atoms with E-state index in [2.05, 4.69) is 25.9 Å². The van der Waals surface area contributed by atoms with Gasteiger partial charge in [0.1, 0.15) is 18.1 Å². The number of hydrogen-bond donors (Lipinski definition) is 8. The number of carbonyl (C=O) groups is 4. The third-order valence-electron chi connectivity index (χ3n) is 5.30. The summed E-state index contributed by atoms with van der Waals surface area (Å²) in [6.07, 6.45) is 3.34. The van der Waals surface area contributed by atoms with Crippen molar-refractivity contribution in [2.75, 3.05) is 6.54 Å². The van der Waals surface area contributed by atoms with Crippen LogP contribution in [0.5, 0.6) is 0 Å². The van der Waals surface area contributed by atoms with Crippen LogP contribution in [0, 0.1) is 5.92 Å². The zero-order valence-electron chi connectivity index (χ0n) is 20.5. The third kappa shape index (κ3) is 10.8. The van der Waals surface area contributed by atoms with Crippen LogP contribution in [-0.2, 0) is 25.6 Å². The summed E-state index contributed by atoms with van der Waals surface area (Å²) in [4.78, 5) is 56.6. The van der Waals surface area contributed by atoms with Gasteiger partial charge >= 0.3 is 5.97 Å². The smallest absolute Gasteiger partial charge is 0.326 e. The number of H-pyrrole nitrogens is 1. The zero-order chi connectivity index (χ0) is 26.5. The quantitative estimate of drug-likeness (QED) is 0.123. The van der Waals surface area contributed by atoms with E-state index in [9.17, 15) is 29.4 Å². The van der Waals surface area contributed by atoms with E-state index < -0.39 is 54.0 Å². The van der Waals surface area contributed by atoms with Gasteiger partial charge in [-0.15, -0.1) is 0 Å². The number of carboxylic acid groups (broad SMARTS) is 1. The second-order valence-electron chi connectivity index (χ2n) is 8.99. The highest BCUT2D eigenvalue weighted by molar-refractivity contribution is 5.94. The van der Waals surface area contributed by atoms with Crippen LogP contribution in [0.2, 0.25) is 0 Å². The molecule has 13 nitrogen and oxygen atoms in total. The molecule has 0 aliphatic rings. The molecule has 5 unspecified atom stereocenters. The molecule has 0 aromatic carbocycles. The van der Waals surface area contributed by atoms with Crippen molar-refractivity contribution in [2.24, 2.45) is 17.4 Å². The monoisotopic (exact) mass is 497 g/mol. The maximum Gasteiger partial charge on any atom is 0.326 e. The Morgan fingerprint density at radius 2 is 1.69 bits per heavy atom. The van der Waals surface area contributed by atoms with Crippen molar-refractivity contribution in [1.29, 1.82) is 0 Å². The standard InChI is InChI=1S/C22H39N7O6/c1-12(2)8-17(28-19(31)15(24)9-14-10-25-11-26-14)20(32)29-18(13(3)30)21(33)27-16(22(34)35)6-4-5-7-23/h10-13,15-18,30H,4-9,23-24H2,1-3H3,(H,25,26)(H,27,33)(H,28,31)(H,29,32)(H,34,35). The van der Waals surface area contributed by atoms with Crippen molar-refractivity contribution in [3.05, 3.63) is 18.2 Å². The molecule has 1 heterocycles. The van der Waals surface area contributed by atoms with E-state index in [1.54, 1.807) is 0 Å². The van der Waals surface area contributed by atoms with Crippen LogP contribution >= 0.6 is 0 Å². The van der Waals surface area contributed by atoms with Crippen LogP contribution in [0.4, 0.5) is 0 Å². The number of aliphatic carboxylic acids is 1. The molecular weight excluding hydrogens is 458 g/mol. The lowest BCUT2D eigenvalue weighted by molar-refractivity contribution is -0.143. The molecule has 0 aliphatic carbocycles. The van der Waals surface area contributed by atoms with E-state index in [0.29, 0.717) is 25.1 Å². The first kappa shape index (κ1) is 30.0. The number of carboxylic acids is 1. The summed E-state index contributed by atoms with van der Waals surface area (Å²) >= 11 is 0. The highest BCUT2D eigenvalue weighted by Gasteiger charge is 2.33. The summed E-state index contributed by atoms with van der Waals surface area (Å²) in [5, 5.41) is 26.9. The minimum atomic E-state index is -1.43. The first-order valence-electron chi connectivity index (χ1n) is 11.7. The van der Waals surface area contributed by atoms with Gasteiger partial charge in [0.05, 0.1) is 18.5 Å². The Kier molecular flexibility index (Phi) is 12.9. The maximum absolute atomic E-state index is 13.0. The Balaban J connectivity index is 2.87. The average molecular weight is 498 g/mol. The molecule has 0 bridgehead atoms. The zero-order valence-corrected chi connectivity index (χ0v) is 20.5.